The number of hydrogen-bond acceptors (Lipinski definition) is 4. The second kappa shape index (κ2) is 9.33. The number of amides is 1. The predicted octanol–water partition coefficient (Wildman–Crippen LogP) is 1.70. The van der Waals surface area contributed by atoms with E-state index in [1.807, 2.05) is 24.3 Å². The summed E-state index contributed by atoms with van der Waals surface area (Å²) in [6.45, 7) is 5.48. The first-order valence-electron chi connectivity index (χ1n) is 7.13. The molecule has 0 radical (unpaired) electrons. The van der Waals surface area contributed by atoms with E-state index in [1.54, 1.807) is 7.11 Å². The number of benzene rings is 1. The van der Waals surface area contributed by atoms with Crippen molar-refractivity contribution < 1.29 is 14.3 Å². The summed E-state index contributed by atoms with van der Waals surface area (Å²) in [5.74, 6) is 1.09. The highest BCUT2D eigenvalue weighted by molar-refractivity contribution is 5.85. The van der Waals surface area contributed by atoms with Gasteiger partial charge >= 0.3 is 0 Å². The molecule has 0 spiro atoms. The fourth-order valence-electron chi connectivity index (χ4n) is 2.32. The number of ether oxygens (including phenoxy) is 2. The summed E-state index contributed by atoms with van der Waals surface area (Å²) in [6.07, 6.45) is 3.56. The highest BCUT2D eigenvalue weighted by atomic mass is 35.5. The minimum Gasteiger partial charge on any atom is -0.493 e. The third kappa shape index (κ3) is 5.24. The Hall–Kier alpha value is -1.72. The van der Waals surface area contributed by atoms with Crippen LogP contribution in [0, 0.1) is 0 Å². The summed E-state index contributed by atoms with van der Waals surface area (Å²) < 4.78 is 10.8. The summed E-state index contributed by atoms with van der Waals surface area (Å²) in [4.78, 5) is 11.8. The van der Waals surface area contributed by atoms with E-state index >= 15 is 0 Å². The van der Waals surface area contributed by atoms with Crippen LogP contribution in [0.2, 0.25) is 0 Å². The van der Waals surface area contributed by atoms with E-state index in [9.17, 15) is 4.79 Å². The monoisotopic (exact) mass is 326 g/mol. The maximum absolute atomic E-state index is 11.8. The smallest absolute Gasteiger partial charge is 0.258 e. The minimum absolute atomic E-state index is 0. The Labute approximate surface area is 137 Å². The average molecular weight is 327 g/mol. The van der Waals surface area contributed by atoms with Gasteiger partial charge in [0, 0.05) is 12.6 Å². The second-order valence-electron chi connectivity index (χ2n) is 5.02. The van der Waals surface area contributed by atoms with Gasteiger partial charge < -0.3 is 20.1 Å². The Bertz CT molecular complexity index is 502. The maximum Gasteiger partial charge on any atom is 0.258 e. The molecule has 1 aliphatic rings. The Morgan fingerprint density at radius 3 is 2.95 bits per heavy atom. The molecule has 0 saturated carbocycles. The quantitative estimate of drug-likeness (QED) is 0.749. The number of allylic oxidation sites excluding steroid dienone is 1. The van der Waals surface area contributed by atoms with Crippen LogP contribution < -0.4 is 20.1 Å². The van der Waals surface area contributed by atoms with Crippen LogP contribution in [0.15, 0.2) is 30.9 Å². The van der Waals surface area contributed by atoms with Gasteiger partial charge in [-0.15, -0.1) is 19.0 Å². The van der Waals surface area contributed by atoms with E-state index < -0.39 is 0 Å². The van der Waals surface area contributed by atoms with Crippen molar-refractivity contribution in [2.24, 2.45) is 0 Å². The molecule has 1 atom stereocenters. The van der Waals surface area contributed by atoms with Gasteiger partial charge in [0.05, 0.1) is 7.11 Å². The third-order valence-electron chi connectivity index (χ3n) is 3.39. The van der Waals surface area contributed by atoms with E-state index in [1.165, 1.54) is 0 Å². The molecule has 0 aliphatic carbocycles. The molecule has 0 bridgehead atoms. The lowest BCUT2D eigenvalue weighted by Gasteiger charge is -2.14. The largest absolute Gasteiger partial charge is 0.493 e. The first kappa shape index (κ1) is 18.3. The van der Waals surface area contributed by atoms with Gasteiger partial charge in [0.1, 0.15) is 0 Å². The van der Waals surface area contributed by atoms with Crippen molar-refractivity contribution in [1.29, 1.82) is 0 Å². The molecule has 5 nitrogen and oxygen atoms in total. The van der Waals surface area contributed by atoms with Crippen LogP contribution in [-0.2, 0) is 11.2 Å². The minimum atomic E-state index is -0.110. The molecular weight excluding hydrogens is 304 g/mol. The lowest BCUT2D eigenvalue weighted by Crippen LogP contribution is -2.39. The Morgan fingerprint density at radius 2 is 2.32 bits per heavy atom. The third-order valence-corrected chi connectivity index (χ3v) is 3.39. The SMILES string of the molecule is C=CCc1ccc(OCC(=O)NC2CCNC2)c(OC)c1.Cl. The predicted molar refractivity (Wildman–Crippen MR) is 89.1 cm³/mol. The maximum atomic E-state index is 11.8. The van der Waals surface area contributed by atoms with Crippen LogP contribution in [-0.4, -0.2) is 38.8 Å². The fraction of sp³-hybridized carbons (Fsp3) is 0.438. The Morgan fingerprint density at radius 1 is 1.50 bits per heavy atom. The molecule has 1 fully saturated rings. The lowest BCUT2D eigenvalue weighted by atomic mass is 10.1. The molecule has 0 aromatic heterocycles. The highest BCUT2D eigenvalue weighted by Gasteiger charge is 2.17. The summed E-state index contributed by atoms with van der Waals surface area (Å²) >= 11 is 0. The Balaban J connectivity index is 0.00000242. The van der Waals surface area contributed by atoms with Gasteiger partial charge in [-0.2, -0.15) is 0 Å². The number of carbonyl (C=O) groups excluding carboxylic acids is 1. The zero-order chi connectivity index (χ0) is 15.1. The van der Waals surface area contributed by atoms with Crippen LogP contribution in [0.1, 0.15) is 12.0 Å². The van der Waals surface area contributed by atoms with Crippen LogP contribution in [0.5, 0.6) is 11.5 Å². The van der Waals surface area contributed by atoms with Crippen LogP contribution in [0.25, 0.3) is 0 Å². The first-order chi connectivity index (χ1) is 10.2. The molecule has 122 valence electrons. The van der Waals surface area contributed by atoms with Gasteiger partial charge in [0.15, 0.2) is 18.1 Å². The topological polar surface area (TPSA) is 59.6 Å². The van der Waals surface area contributed by atoms with Crippen molar-refractivity contribution in [3.8, 4) is 11.5 Å². The number of carbonyl (C=O) groups is 1. The van der Waals surface area contributed by atoms with E-state index in [0.717, 1.165) is 31.5 Å². The molecule has 1 heterocycles. The molecular formula is C16H23ClN2O3. The number of methoxy groups -OCH3 is 1. The van der Waals surface area contributed by atoms with E-state index in [2.05, 4.69) is 17.2 Å². The van der Waals surface area contributed by atoms with Crippen molar-refractivity contribution in [3.63, 3.8) is 0 Å². The fourth-order valence-corrected chi connectivity index (χ4v) is 2.32. The molecule has 22 heavy (non-hydrogen) atoms. The van der Waals surface area contributed by atoms with Crippen molar-refractivity contribution >= 4 is 18.3 Å². The molecule has 2 N–H and O–H groups in total. The zero-order valence-corrected chi connectivity index (χ0v) is 13.6. The molecule has 1 amide bonds. The molecule has 2 rings (SSSR count). The van der Waals surface area contributed by atoms with Gasteiger partial charge in [0.2, 0.25) is 0 Å². The van der Waals surface area contributed by atoms with Crippen molar-refractivity contribution in [3.05, 3.63) is 36.4 Å². The van der Waals surface area contributed by atoms with Gasteiger partial charge in [-0.05, 0) is 37.1 Å². The van der Waals surface area contributed by atoms with Crippen molar-refractivity contribution in [2.75, 3.05) is 26.8 Å². The molecule has 1 aliphatic heterocycles. The van der Waals surface area contributed by atoms with Gasteiger partial charge in [-0.1, -0.05) is 12.1 Å². The molecule has 6 heteroatoms. The number of rotatable bonds is 7. The molecule has 1 saturated heterocycles. The number of halogens is 1. The summed E-state index contributed by atoms with van der Waals surface area (Å²) in [6, 6.07) is 5.87. The van der Waals surface area contributed by atoms with Crippen molar-refractivity contribution in [2.45, 2.75) is 18.9 Å². The molecule has 1 unspecified atom stereocenters. The normalized spacial score (nSPS) is 16.5. The number of nitrogens with one attached hydrogen (secondary N) is 2. The number of hydrogen-bond donors (Lipinski definition) is 2. The average Bonchev–Trinajstić information content (AvgIpc) is 2.99. The van der Waals surface area contributed by atoms with Gasteiger partial charge in [-0.25, -0.2) is 0 Å². The van der Waals surface area contributed by atoms with Gasteiger partial charge in [0.25, 0.3) is 5.91 Å². The van der Waals surface area contributed by atoms with Gasteiger partial charge in [-0.3, -0.25) is 4.79 Å². The molecule has 1 aromatic carbocycles. The van der Waals surface area contributed by atoms with Crippen LogP contribution >= 0.6 is 12.4 Å². The summed E-state index contributed by atoms with van der Waals surface area (Å²) in [5.41, 5.74) is 1.09. The van der Waals surface area contributed by atoms with E-state index in [0.29, 0.717) is 11.5 Å². The second-order valence-corrected chi connectivity index (χ2v) is 5.02. The van der Waals surface area contributed by atoms with E-state index in [4.69, 9.17) is 9.47 Å². The standard InChI is InChI=1S/C16H22N2O3.ClH/c1-3-4-12-5-6-14(15(9-12)20-2)21-11-16(19)18-13-7-8-17-10-13;/h3,5-6,9,13,17H,1,4,7-8,10-11H2,2H3,(H,18,19);1H. The Kier molecular flexibility index (Phi) is 7.77. The first-order valence-corrected chi connectivity index (χ1v) is 7.13. The lowest BCUT2D eigenvalue weighted by molar-refractivity contribution is -0.123. The zero-order valence-electron chi connectivity index (χ0n) is 12.8. The summed E-state index contributed by atoms with van der Waals surface area (Å²) in [5, 5.41) is 6.14. The summed E-state index contributed by atoms with van der Waals surface area (Å²) in [7, 11) is 1.59. The van der Waals surface area contributed by atoms with Crippen LogP contribution in [0.3, 0.4) is 0 Å². The highest BCUT2D eigenvalue weighted by Crippen LogP contribution is 2.28. The van der Waals surface area contributed by atoms with Crippen LogP contribution in [0.4, 0.5) is 0 Å². The molecule has 1 aromatic rings. The van der Waals surface area contributed by atoms with E-state index in [-0.39, 0.29) is 31.0 Å². The van der Waals surface area contributed by atoms with Crippen molar-refractivity contribution in [1.82, 2.24) is 10.6 Å².